The summed E-state index contributed by atoms with van der Waals surface area (Å²) in [5.74, 6) is 3.92. The first-order valence-electron chi connectivity index (χ1n) is 5.34. The maximum atomic E-state index is 8.91. The van der Waals surface area contributed by atoms with Crippen molar-refractivity contribution >= 4 is 11.8 Å². The maximum absolute atomic E-state index is 8.91. The molecule has 0 amide bonds. The van der Waals surface area contributed by atoms with Crippen molar-refractivity contribution in [3.8, 4) is 6.07 Å². The van der Waals surface area contributed by atoms with Gasteiger partial charge in [0.15, 0.2) is 0 Å². The van der Waals surface area contributed by atoms with E-state index in [1.165, 1.54) is 0 Å². The smallest absolute Gasteiger partial charge is 0.114 e. The van der Waals surface area contributed by atoms with E-state index in [1.54, 1.807) is 0 Å². The van der Waals surface area contributed by atoms with Gasteiger partial charge in [-0.3, -0.25) is 0 Å². The molecule has 0 unspecified atom stereocenters. The van der Waals surface area contributed by atoms with Crippen LogP contribution in [0.4, 0.5) is 0 Å². The molecule has 1 aliphatic carbocycles. The quantitative estimate of drug-likeness (QED) is 0.764. The lowest BCUT2D eigenvalue weighted by molar-refractivity contribution is 0.485. The van der Waals surface area contributed by atoms with Crippen LogP contribution in [0.2, 0.25) is 0 Å². The molecule has 1 heterocycles. The van der Waals surface area contributed by atoms with Crippen LogP contribution >= 0.6 is 11.8 Å². The van der Waals surface area contributed by atoms with Gasteiger partial charge in [0.1, 0.15) is 11.5 Å². The largest absolute Gasteiger partial charge is 0.465 e. The molecule has 0 bridgehead atoms. The second-order valence-corrected chi connectivity index (χ2v) is 5.09. The first-order valence-corrected chi connectivity index (χ1v) is 6.50. The van der Waals surface area contributed by atoms with Crippen LogP contribution in [0.15, 0.2) is 16.5 Å². The third-order valence-electron chi connectivity index (χ3n) is 2.78. The highest BCUT2D eigenvalue weighted by Gasteiger charge is 2.42. The molecule has 1 aromatic heterocycles. The molecule has 1 aromatic rings. The zero-order valence-corrected chi connectivity index (χ0v) is 9.77. The van der Waals surface area contributed by atoms with Crippen LogP contribution in [0.5, 0.6) is 0 Å². The summed E-state index contributed by atoms with van der Waals surface area (Å²) in [5, 5.41) is 8.91. The first kappa shape index (κ1) is 10.6. The Labute approximate surface area is 94.7 Å². The van der Waals surface area contributed by atoms with Gasteiger partial charge in [-0.05, 0) is 25.0 Å². The Bertz CT molecular complexity index is 373. The summed E-state index contributed by atoms with van der Waals surface area (Å²) < 4.78 is 5.60. The lowest BCUT2D eigenvalue weighted by atomic mass is 10.2. The summed E-state index contributed by atoms with van der Waals surface area (Å²) in [4.78, 5) is 0. The maximum Gasteiger partial charge on any atom is 0.114 e. The molecule has 1 saturated carbocycles. The van der Waals surface area contributed by atoms with Gasteiger partial charge >= 0.3 is 0 Å². The van der Waals surface area contributed by atoms with Gasteiger partial charge in [-0.1, -0.05) is 6.92 Å². The minimum atomic E-state index is 0.00481. The van der Waals surface area contributed by atoms with E-state index < -0.39 is 0 Å². The highest BCUT2D eigenvalue weighted by molar-refractivity contribution is 7.98. The molecule has 0 atom stereocenters. The zero-order chi connectivity index (χ0) is 10.7. The Morgan fingerprint density at radius 1 is 1.47 bits per heavy atom. The van der Waals surface area contributed by atoms with Crippen molar-refractivity contribution in [2.75, 3.05) is 5.75 Å². The fourth-order valence-corrected chi connectivity index (χ4v) is 2.68. The number of hydrogen-bond donors (Lipinski definition) is 0. The molecule has 15 heavy (non-hydrogen) atoms. The second kappa shape index (κ2) is 4.32. The number of hydrogen-bond acceptors (Lipinski definition) is 3. The van der Waals surface area contributed by atoms with E-state index >= 15 is 0 Å². The molecule has 0 saturated heterocycles. The van der Waals surface area contributed by atoms with Gasteiger partial charge in [0.25, 0.3) is 0 Å². The number of furan rings is 1. The van der Waals surface area contributed by atoms with E-state index in [2.05, 4.69) is 13.0 Å². The second-order valence-electron chi connectivity index (χ2n) is 4.11. The molecule has 0 spiro atoms. The highest BCUT2D eigenvalue weighted by atomic mass is 32.2. The van der Waals surface area contributed by atoms with Crippen molar-refractivity contribution < 1.29 is 4.42 Å². The van der Waals surface area contributed by atoms with Crippen molar-refractivity contribution in [1.29, 1.82) is 5.26 Å². The van der Waals surface area contributed by atoms with Crippen molar-refractivity contribution in [2.45, 2.75) is 31.9 Å². The molecule has 1 aliphatic rings. The third-order valence-corrected chi connectivity index (χ3v) is 4.02. The molecule has 0 N–H and O–H groups in total. The molecule has 1 fully saturated rings. The normalized spacial score (nSPS) is 17.3. The minimum absolute atomic E-state index is 0.00481. The van der Waals surface area contributed by atoms with Gasteiger partial charge in [-0.25, -0.2) is 0 Å². The van der Waals surface area contributed by atoms with E-state index in [9.17, 15) is 0 Å². The van der Waals surface area contributed by atoms with E-state index in [1.807, 2.05) is 23.9 Å². The molecular formula is C12H15NOS. The minimum Gasteiger partial charge on any atom is -0.465 e. The standard InChI is InChI=1S/C12H15NOS/c1-2-10-3-4-11(14-10)7-15-9-12(8-13)5-6-12/h3-4H,2,5-7,9H2,1H3. The van der Waals surface area contributed by atoms with Crippen LogP contribution in [0.1, 0.15) is 31.3 Å². The topological polar surface area (TPSA) is 36.9 Å². The van der Waals surface area contributed by atoms with Crippen molar-refractivity contribution in [1.82, 2.24) is 0 Å². The lowest BCUT2D eigenvalue weighted by Gasteiger charge is -2.03. The number of rotatable bonds is 5. The SMILES string of the molecule is CCc1ccc(CSCC2(C#N)CC2)o1. The van der Waals surface area contributed by atoms with Crippen LogP contribution in [-0.2, 0) is 12.2 Å². The third kappa shape index (κ3) is 2.57. The van der Waals surface area contributed by atoms with E-state index in [0.29, 0.717) is 0 Å². The number of thioether (sulfide) groups is 1. The average Bonchev–Trinajstić information content (AvgIpc) is 2.89. The van der Waals surface area contributed by atoms with Crippen LogP contribution in [-0.4, -0.2) is 5.75 Å². The lowest BCUT2D eigenvalue weighted by Crippen LogP contribution is -1.99. The van der Waals surface area contributed by atoms with Crippen LogP contribution in [0.3, 0.4) is 0 Å². The summed E-state index contributed by atoms with van der Waals surface area (Å²) in [6.07, 6.45) is 3.11. The fourth-order valence-electron chi connectivity index (χ4n) is 1.48. The molecule has 80 valence electrons. The number of nitriles is 1. The molecule has 0 aromatic carbocycles. The van der Waals surface area contributed by atoms with Crippen LogP contribution in [0, 0.1) is 16.7 Å². The molecule has 0 aliphatic heterocycles. The van der Waals surface area contributed by atoms with Gasteiger partial charge in [0, 0.05) is 12.2 Å². The Balaban J connectivity index is 1.76. The van der Waals surface area contributed by atoms with Crippen LogP contribution in [0.25, 0.3) is 0 Å². The molecule has 0 radical (unpaired) electrons. The van der Waals surface area contributed by atoms with Gasteiger partial charge in [0.2, 0.25) is 0 Å². The highest BCUT2D eigenvalue weighted by Crippen LogP contribution is 2.47. The summed E-state index contributed by atoms with van der Waals surface area (Å²) in [6, 6.07) is 6.48. The molecule has 2 nitrogen and oxygen atoms in total. The van der Waals surface area contributed by atoms with Gasteiger partial charge in [-0.2, -0.15) is 17.0 Å². The van der Waals surface area contributed by atoms with Gasteiger partial charge in [-0.15, -0.1) is 0 Å². The predicted octanol–water partition coefficient (Wildman–Crippen LogP) is 3.38. The predicted molar refractivity (Wildman–Crippen MR) is 61.5 cm³/mol. The summed E-state index contributed by atoms with van der Waals surface area (Å²) >= 11 is 1.81. The average molecular weight is 221 g/mol. The summed E-state index contributed by atoms with van der Waals surface area (Å²) in [7, 11) is 0. The van der Waals surface area contributed by atoms with Crippen molar-refractivity contribution in [3.05, 3.63) is 23.7 Å². The Morgan fingerprint density at radius 2 is 2.20 bits per heavy atom. The van der Waals surface area contributed by atoms with Gasteiger partial charge < -0.3 is 4.42 Å². The fraction of sp³-hybridized carbons (Fsp3) is 0.583. The molecule has 2 rings (SSSR count). The number of nitrogens with zero attached hydrogens (tertiary/aromatic N) is 1. The molecular weight excluding hydrogens is 206 g/mol. The van der Waals surface area contributed by atoms with E-state index in [0.717, 1.165) is 42.3 Å². The Morgan fingerprint density at radius 3 is 2.73 bits per heavy atom. The monoisotopic (exact) mass is 221 g/mol. The zero-order valence-electron chi connectivity index (χ0n) is 8.95. The Hall–Kier alpha value is -0.880. The van der Waals surface area contributed by atoms with E-state index in [-0.39, 0.29) is 5.41 Å². The van der Waals surface area contributed by atoms with Crippen molar-refractivity contribution in [3.63, 3.8) is 0 Å². The number of aryl methyl sites for hydroxylation is 1. The van der Waals surface area contributed by atoms with Crippen molar-refractivity contribution in [2.24, 2.45) is 5.41 Å². The Kier molecular flexibility index (Phi) is 3.06. The first-order chi connectivity index (χ1) is 7.28. The van der Waals surface area contributed by atoms with E-state index in [4.69, 9.17) is 9.68 Å². The van der Waals surface area contributed by atoms with Gasteiger partial charge in [0.05, 0.1) is 17.2 Å². The molecule has 3 heteroatoms. The van der Waals surface area contributed by atoms with Crippen LogP contribution < -0.4 is 0 Å². The summed E-state index contributed by atoms with van der Waals surface area (Å²) in [6.45, 7) is 2.09. The summed E-state index contributed by atoms with van der Waals surface area (Å²) in [5.41, 5.74) is 0.00481.